The summed E-state index contributed by atoms with van der Waals surface area (Å²) >= 11 is 0. The first-order valence-corrected chi connectivity index (χ1v) is 6.15. The van der Waals surface area contributed by atoms with E-state index in [2.05, 4.69) is 10.4 Å². The summed E-state index contributed by atoms with van der Waals surface area (Å²) in [5, 5.41) is 6.74. The molecule has 0 aliphatic carbocycles. The molecule has 6 heteroatoms. The molecule has 104 valence electrons. The molecule has 0 saturated carbocycles. The fourth-order valence-corrected chi connectivity index (χ4v) is 1.43. The van der Waals surface area contributed by atoms with Crippen molar-refractivity contribution in [2.75, 3.05) is 20.3 Å². The summed E-state index contributed by atoms with van der Waals surface area (Å²) in [5.41, 5.74) is -0.0151. The Balaban J connectivity index is 2.66. The van der Waals surface area contributed by atoms with Crippen LogP contribution in [0.15, 0.2) is 29.1 Å². The van der Waals surface area contributed by atoms with Crippen molar-refractivity contribution in [2.45, 2.75) is 19.9 Å². The Bertz CT molecular complexity index is 494. The zero-order valence-corrected chi connectivity index (χ0v) is 11.3. The Morgan fingerprint density at radius 3 is 3.00 bits per heavy atom. The van der Waals surface area contributed by atoms with E-state index in [0.717, 1.165) is 6.42 Å². The van der Waals surface area contributed by atoms with Gasteiger partial charge < -0.3 is 10.1 Å². The molecule has 1 rings (SSSR count). The average Bonchev–Trinajstić information content (AvgIpc) is 2.42. The third-order valence-corrected chi connectivity index (χ3v) is 2.44. The van der Waals surface area contributed by atoms with Crippen molar-refractivity contribution < 1.29 is 9.53 Å². The first-order chi connectivity index (χ1) is 9.19. The molecule has 0 aromatic carbocycles. The van der Waals surface area contributed by atoms with Crippen LogP contribution in [0.25, 0.3) is 0 Å². The lowest BCUT2D eigenvalue weighted by atomic mass is 10.3. The predicted molar refractivity (Wildman–Crippen MR) is 72.1 cm³/mol. The van der Waals surface area contributed by atoms with Gasteiger partial charge in [-0.3, -0.25) is 9.59 Å². The Labute approximate surface area is 112 Å². The van der Waals surface area contributed by atoms with E-state index in [1.54, 1.807) is 7.11 Å². The molecule has 1 amide bonds. The topological polar surface area (TPSA) is 73.2 Å². The molecule has 0 radical (unpaired) electrons. The Hall–Kier alpha value is -1.95. The number of carbonyl (C=O) groups excluding carboxylic acids is 1. The van der Waals surface area contributed by atoms with Crippen LogP contribution >= 0.6 is 0 Å². The van der Waals surface area contributed by atoms with Gasteiger partial charge in [0.2, 0.25) is 0 Å². The van der Waals surface area contributed by atoms with E-state index in [0.29, 0.717) is 19.7 Å². The van der Waals surface area contributed by atoms with Gasteiger partial charge in [-0.25, -0.2) is 4.68 Å². The molecule has 0 saturated heterocycles. The number of hydrogen-bond acceptors (Lipinski definition) is 4. The van der Waals surface area contributed by atoms with Crippen LogP contribution in [-0.2, 0) is 11.3 Å². The number of hydrogen-bond donors (Lipinski definition) is 1. The number of nitrogens with one attached hydrogen (secondary N) is 1. The fraction of sp³-hybridized carbons (Fsp3) is 0.462. The van der Waals surface area contributed by atoms with Crippen molar-refractivity contribution in [3.05, 3.63) is 40.3 Å². The lowest BCUT2D eigenvalue weighted by Gasteiger charge is -2.06. The van der Waals surface area contributed by atoms with Crippen LogP contribution in [0.5, 0.6) is 0 Å². The third kappa shape index (κ3) is 5.05. The lowest BCUT2D eigenvalue weighted by molar-refractivity contribution is 0.0945. The van der Waals surface area contributed by atoms with Gasteiger partial charge in [0.25, 0.3) is 11.5 Å². The van der Waals surface area contributed by atoms with E-state index in [9.17, 15) is 9.59 Å². The minimum Gasteiger partial charge on any atom is -0.383 e. The minimum atomic E-state index is -0.282. The van der Waals surface area contributed by atoms with Crippen molar-refractivity contribution in [1.82, 2.24) is 15.1 Å². The molecule has 0 bridgehead atoms. The molecule has 1 heterocycles. The number of nitrogens with zero attached hydrogens (tertiary/aromatic N) is 2. The van der Waals surface area contributed by atoms with Crippen LogP contribution in [0.3, 0.4) is 0 Å². The average molecular weight is 265 g/mol. The second-order valence-electron chi connectivity index (χ2n) is 3.89. The monoisotopic (exact) mass is 265 g/mol. The standard InChI is InChI=1S/C13H19N3O3/c1-3-4-5-8-14-13(18)11-6-7-12(17)16(15-11)9-10-19-2/h3-4,6-7H,5,8-10H2,1-2H3,(H,14,18)/b4-3+. The molecular formula is C13H19N3O3. The molecule has 1 aromatic heterocycles. The largest absolute Gasteiger partial charge is 0.383 e. The van der Waals surface area contributed by atoms with Crippen LogP contribution in [0.2, 0.25) is 0 Å². The fourth-order valence-electron chi connectivity index (χ4n) is 1.43. The first-order valence-electron chi connectivity index (χ1n) is 6.15. The molecule has 0 fully saturated rings. The number of rotatable bonds is 7. The molecule has 1 aromatic rings. The Kier molecular flexibility index (Phi) is 6.52. The quantitative estimate of drug-likeness (QED) is 0.578. The molecule has 1 N–H and O–H groups in total. The molecule has 0 unspecified atom stereocenters. The summed E-state index contributed by atoms with van der Waals surface area (Å²) in [6.45, 7) is 3.17. The summed E-state index contributed by atoms with van der Waals surface area (Å²) in [6, 6.07) is 2.76. The van der Waals surface area contributed by atoms with Gasteiger partial charge in [0.05, 0.1) is 13.2 Å². The van der Waals surface area contributed by atoms with Crippen LogP contribution < -0.4 is 10.9 Å². The highest BCUT2D eigenvalue weighted by Gasteiger charge is 2.08. The van der Waals surface area contributed by atoms with Crippen molar-refractivity contribution in [1.29, 1.82) is 0 Å². The summed E-state index contributed by atoms with van der Waals surface area (Å²) < 4.78 is 6.11. The number of aromatic nitrogens is 2. The second kappa shape index (κ2) is 8.20. The van der Waals surface area contributed by atoms with E-state index < -0.39 is 0 Å². The number of carbonyl (C=O) groups is 1. The molecule has 0 spiro atoms. The van der Waals surface area contributed by atoms with E-state index in [-0.39, 0.29) is 17.2 Å². The number of amides is 1. The van der Waals surface area contributed by atoms with Crippen LogP contribution in [0.4, 0.5) is 0 Å². The van der Waals surface area contributed by atoms with E-state index in [1.807, 2.05) is 19.1 Å². The number of allylic oxidation sites excluding steroid dienone is 1. The van der Waals surface area contributed by atoms with Crippen molar-refractivity contribution >= 4 is 5.91 Å². The Morgan fingerprint density at radius 1 is 1.53 bits per heavy atom. The summed E-state index contributed by atoms with van der Waals surface area (Å²) in [5.74, 6) is -0.282. The summed E-state index contributed by atoms with van der Waals surface area (Å²) in [7, 11) is 1.54. The van der Waals surface area contributed by atoms with Gasteiger partial charge in [-0.2, -0.15) is 5.10 Å². The molecule has 0 aliphatic rings. The van der Waals surface area contributed by atoms with Crippen molar-refractivity contribution in [3.63, 3.8) is 0 Å². The van der Waals surface area contributed by atoms with E-state index in [4.69, 9.17) is 4.74 Å². The summed E-state index contributed by atoms with van der Waals surface area (Å²) in [6.07, 6.45) is 4.66. The molecular weight excluding hydrogens is 246 g/mol. The lowest BCUT2D eigenvalue weighted by Crippen LogP contribution is -2.30. The molecule has 6 nitrogen and oxygen atoms in total. The zero-order chi connectivity index (χ0) is 14.1. The van der Waals surface area contributed by atoms with Gasteiger partial charge in [-0.15, -0.1) is 0 Å². The maximum atomic E-state index is 11.8. The minimum absolute atomic E-state index is 0.233. The van der Waals surface area contributed by atoms with Crippen LogP contribution in [0, 0.1) is 0 Å². The SMILES string of the molecule is C/C=C/CCNC(=O)c1ccc(=O)n(CCOC)n1. The maximum absolute atomic E-state index is 11.8. The second-order valence-corrected chi connectivity index (χ2v) is 3.89. The van der Waals surface area contributed by atoms with Gasteiger partial charge in [0.1, 0.15) is 5.69 Å². The van der Waals surface area contributed by atoms with Gasteiger partial charge in [-0.1, -0.05) is 12.2 Å². The summed E-state index contributed by atoms with van der Waals surface area (Å²) in [4.78, 5) is 23.3. The highest BCUT2D eigenvalue weighted by atomic mass is 16.5. The van der Waals surface area contributed by atoms with Crippen molar-refractivity contribution in [2.24, 2.45) is 0 Å². The first kappa shape index (κ1) is 15.1. The Morgan fingerprint density at radius 2 is 2.32 bits per heavy atom. The predicted octanol–water partition coefficient (Wildman–Crippen LogP) is 0.586. The highest BCUT2D eigenvalue weighted by Crippen LogP contribution is 1.92. The van der Waals surface area contributed by atoms with Crippen LogP contribution in [-0.4, -0.2) is 35.9 Å². The van der Waals surface area contributed by atoms with Gasteiger partial charge >= 0.3 is 0 Å². The van der Waals surface area contributed by atoms with Gasteiger partial charge in [-0.05, 0) is 19.4 Å². The molecule has 0 atom stereocenters. The smallest absolute Gasteiger partial charge is 0.271 e. The van der Waals surface area contributed by atoms with Gasteiger partial charge in [0.15, 0.2) is 0 Å². The number of methoxy groups -OCH3 is 1. The highest BCUT2D eigenvalue weighted by molar-refractivity contribution is 5.91. The van der Waals surface area contributed by atoms with Gasteiger partial charge in [0, 0.05) is 19.7 Å². The molecule has 0 aliphatic heterocycles. The normalized spacial score (nSPS) is 10.8. The van der Waals surface area contributed by atoms with E-state index in [1.165, 1.54) is 16.8 Å². The number of ether oxygens (including phenoxy) is 1. The zero-order valence-electron chi connectivity index (χ0n) is 11.3. The van der Waals surface area contributed by atoms with Crippen molar-refractivity contribution in [3.8, 4) is 0 Å². The van der Waals surface area contributed by atoms with Crippen LogP contribution in [0.1, 0.15) is 23.8 Å². The maximum Gasteiger partial charge on any atom is 0.271 e. The third-order valence-electron chi connectivity index (χ3n) is 2.44. The molecule has 19 heavy (non-hydrogen) atoms. The van der Waals surface area contributed by atoms with E-state index >= 15 is 0 Å².